The third kappa shape index (κ3) is 2.71. The Kier molecular flexibility index (Phi) is 3.87. The summed E-state index contributed by atoms with van der Waals surface area (Å²) in [7, 11) is 0. The molecule has 1 aliphatic carbocycles. The molecule has 1 fully saturated rings. The predicted octanol–water partition coefficient (Wildman–Crippen LogP) is 3.35. The molecule has 0 spiro atoms. The first-order chi connectivity index (χ1) is 8.11. The highest BCUT2D eigenvalue weighted by atomic mass is 35.5. The fraction of sp³-hybridized carbons (Fsp3) is 0.692. The van der Waals surface area contributed by atoms with Gasteiger partial charge < -0.3 is 0 Å². The van der Waals surface area contributed by atoms with Crippen molar-refractivity contribution in [3.63, 3.8) is 0 Å². The molecule has 2 rings (SSSR count). The molecule has 1 aliphatic rings. The van der Waals surface area contributed by atoms with Crippen molar-refractivity contribution in [3.05, 3.63) is 27.4 Å². The van der Waals surface area contributed by atoms with Crippen LogP contribution in [-0.2, 0) is 0 Å². The number of hydrogen-bond acceptors (Lipinski definition) is 2. The van der Waals surface area contributed by atoms with Crippen LogP contribution in [0.3, 0.4) is 0 Å². The third-order valence-corrected chi connectivity index (χ3v) is 3.99. The van der Waals surface area contributed by atoms with Gasteiger partial charge in [-0.1, -0.05) is 37.8 Å². The lowest BCUT2D eigenvalue weighted by Gasteiger charge is -2.30. The highest BCUT2D eigenvalue weighted by Crippen LogP contribution is 2.33. The fourth-order valence-corrected chi connectivity index (χ4v) is 3.10. The van der Waals surface area contributed by atoms with Gasteiger partial charge in [0.2, 0.25) is 0 Å². The molecular formula is C13H19ClN2O. The molecule has 0 N–H and O–H groups in total. The fourth-order valence-electron chi connectivity index (χ4n) is 2.88. The van der Waals surface area contributed by atoms with Crippen molar-refractivity contribution in [3.8, 4) is 0 Å². The van der Waals surface area contributed by atoms with Gasteiger partial charge in [0.25, 0.3) is 5.56 Å². The van der Waals surface area contributed by atoms with Crippen molar-refractivity contribution in [1.82, 2.24) is 9.55 Å². The second-order valence-corrected chi connectivity index (χ2v) is 5.32. The molecule has 0 aliphatic heterocycles. The maximum Gasteiger partial charge on any atom is 0.255 e. The van der Waals surface area contributed by atoms with Gasteiger partial charge in [-0.25, -0.2) is 4.98 Å². The van der Waals surface area contributed by atoms with Crippen LogP contribution in [0.1, 0.15) is 50.9 Å². The smallest absolute Gasteiger partial charge is 0.255 e. The number of hydrogen-bond donors (Lipinski definition) is 0. The summed E-state index contributed by atoms with van der Waals surface area (Å²) in [6.45, 7) is 4.09. The Bertz CT molecular complexity index is 455. The summed E-state index contributed by atoms with van der Waals surface area (Å²) in [5.74, 6) is 1.49. The summed E-state index contributed by atoms with van der Waals surface area (Å²) < 4.78 is 1.83. The zero-order valence-corrected chi connectivity index (χ0v) is 11.2. The second-order valence-electron chi connectivity index (χ2n) is 4.93. The van der Waals surface area contributed by atoms with Crippen LogP contribution in [0.15, 0.2) is 10.9 Å². The van der Waals surface area contributed by atoms with E-state index < -0.39 is 0 Å². The van der Waals surface area contributed by atoms with Crippen LogP contribution in [0.5, 0.6) is 0 Å². The Hall–Kier alpha value is -0.830. The molecule has 17 heavy (non-hydrogen) atoms. The first kappa shape index (κ1) is 12.6. The molecule has 94 valence electrons. The molecule has 1 aromatic heterocycles. The van der Waals surface area contributed by atoms with Gasteiger partial charge in [0, 0.05) is 12.1 Å². The van der Waals surface area contributed by atoms with Gasteiger partial charge in [-0.15, -0.1) is 0 Å². The standard InChI is InChI=1S/C13H19ClN2O/c1-3-10-5-4-6-11(7-10)16-9(2)15-12(14)8-13(16)17/h8,10-11H,3-7H2,1-2H3. The monoisotopic (exact) mass is 254 g/mol. The molecule has 1 aromatic rings. The number of nitrogens with zero attached hydrogens (tertiary/aromatic N) is 2. The van der Waals surface area contributed by atoms with E-state index in [1.807, 2.05) is 11.5 Å². The Balaban J connectivity index is 2.30. The average molecular weight is 255 g/mol. The lowest BCUT2D eigenvalue weighted by molar-refractivity contribution is 0.253. The Morgan fingerprint density at radius 2 is 2.29 bits per heavy atom. The summed E-state index contributed by atoms with van der Waals surface area (Å²) in [6.07, 6.45) is 5.88. The van der Waals surface area contributed by atoms with Crippen LogP contribution in [0.25, 0.3) is 0 Å². The van der Waals surface area contributed by atoms with Gasteiger partial charge in [-0.05, 0) is 25.7 Å². The molecule has 0 radical (unpaired) electrons. The van der Waals surface area contributed by atoms with E-state index in [1.54, 1.807) is 0 Å². The van der Waals surface area contributed by atoms with E-state index in [0.29, 0.717) is 11.2 Å². The average Bonchev–Trinajstić information content (AvgIpc) is 2.28. The van der Waals surface area contributed by atoms with Gasteiger partial charge >= 0.3 is 0 Å². The van der Waals surface area contributed by atoms with Gasteiger partial charge in [0.05, 0.1) is 0 Å². The first-order valence-corrected chi connectivity index (χ1v) is 6.75. The van der Waals surface area contributed by atoms with Crippen molar-refractivity contribution in [2.45, 2.75) is 52.0 Å². The Morgan fingerprint density at radius 1 is 1.53 bits per heavy atom. The molecule has 2 atom stereocenters. The van der Waals surface area contributed by atoms with Crippen molar-refractivity contribution in [2.75, 3.05) is 0 Å². The normalized spacial score (nSPS) is 24.9. The van der Waals surface area contributed by atoms with Crippen molar-refractivity contribution in [2.24, 2.45) is 5.92 Å². The zero-order chi connectivity index (χ0) is 12.4. The van der Waals surface area contributed by atoms with Crippen molar-refractivity contribution < 1.29 is 0 Å². The van der Waals surface area contributed by atoms with Gasteiger partial charge in [-0.3, -0.25) is 9.36 Å². The summed E-state index contributed by atoms with van der Waals surface area (Å²) >= 11 is 5.79. The number of aryl methyl sites for hydroxylation is 1. The number of halogens is 1. The number of rotatable bonds is 2. The lowest BCUT2D eigenvalue weighted by atomic mass is 9.84. The molecule has 0 amide bonds. The third-order valence-electron chi connectivity index (χ3n) is 3.79. The first-order valence-electron chi connectivity index (χ1n) is 6.37. The van der Waals surface area contributed by atoms with Crippen LogP contribution >= 0.6 is 11.6 Å². The van der Waals surface area contributed by atoms with E-state index in [1.165, 1.54) is 25.3 Å². The molecule has 3 nitrogen and oxygen atoms in total. The highest BCUT2D eigenvalue weighted by molar-refractivity contribution is 6.29. The van der Waals surface area contributed by atoms with Crippen LogP contribution in [0, 0.1) is 12.8 Å². The molecule has 2 unspecified atom stereocenters. The molecule has 1 heterocycles. The summed E-state index contributed by atoms with van der Waals surface area (Å²) in [6, 6.07) is 1.73. The van der Waals surface area contributed by atoms with Gasteiger partial charge in [0.1, 0.15) is 11.0 Å². The maximum absolute atomic E-state index is 12.0. The molecule has 4 heteroatoms. The summed E-state index contributed by atoms with van der Waals surface area (Å²) in [5.41, 5.74) is -0.00995. The quantitative estimate of drug-likeness (QED) is 0.759. The van der Waals surface area contributed by atoms with E-state index >= 15 is 0 Å². The van der Waals surface area contributed by atoms with Crippen LogP contribution in [0.2, 0.25) is 5.15 Å². The highest BCUT2D eigenvalue weighted by Gasteiger charge is 2.24. The summed E-state index contributed by atoms with van der Waals surface area (Å²) in [4.78, 5) is 16.2. The minimum Gasteiger partial charge on any atom is -0.294 e. The van der Waals surface area contributed by atoms with Crippen molar-refractivity contribution >= 4 is 11.6 Å². The maximum atomic E-state index is 12.0. The minimum atomic E-state index is -0.00995. The molecule has 0 bridgehead atoms. The Labute approximate surface area is 107 Å². The second kappa shape index (κ2) is 5.21. The SMILES string of the molecule is CCC1CCCC(n2c(C)nc(Cl)cc2=O)C1. The lowest BCUT2D eigenvalue weighted by Crippen LogP contribution is -2.30. The molecule has 0 aromatic carbocycles. The zero-order valence-electron chi connectivity index (χ0n) is 10.4. The van der Waals surface area contributed by atoms with E-state index in [9.17, 15) is 4.79 Å². The Morgan fingerprint density at radius 3 is 2.94 bits per heavy atom. The molecule has 0 saturated heterocycles. The van der Waals surface area contributed by atoms with E-state index in [4.69, 9.17) is 11.6 Å². The van der Waals surface area contributed by atoms with E-state index in [2.05, 4.69) is 11.9 Å². The van der Waals surface area contributed by atoms with Gasteiger partial charge in [-0.2, -0.15) is 0 Å². The topological polar surface area (TPSA) is 34.9 Å². The minimum absolute atomic E-state index is 0.00995. The molecular weight excluding hydrogens is 236 g/mol. The van der Waals surface area contributed by atoms with Crippen LogP contribution in [0.4, 0.5) is 0 Å². The largest absolute Gasteiger partial charge is 0.294 e. The van der Waals surface area contributed by atoms with Crippen LogP contribution < -0.4 is 5.56 Å². The van der Waals surface area contributed by atoms with E-state index in [0.717, 1.165) is 24.6 Å². The summed E-state index contributed by atoms with van der Waals surface area (Å²) in [5, 5.41) is 0.298. The van der Waals surface area contributed by atoms with Crippen molar-refractivity contribution in [1.29, 1.82) is 0 Å². The predicted molar refractivity (Wildman–Crippen MR) is 69.5 cm³/mol. The molecule has 1 saturated carbocycles. The van der Waals surface area contributed by atoms with E-state index in [-0.39, 0.29) is 5.56 Å². The van der Waals surface area contributed by atoms with Crippen LogP contribution in [-0.4, -0.2) is 9.55 Å². The van der Waals surface area contributed by atoms with Gasteiger partial charge in [0.15, 0.2) is 0 Å². The number of aromatic nitrogens is 2.